The summed E-state index contributed by atoms with van der Waals surface area (Å²) in [7, 11) is 9.47. The highest BCUT2D eigenvalue weighted by molar-refractivity contribution is 6.07. The molecular formula is C33H39N9O4. The zero-order chi connectivity index (χ0) is 33.1. The quantitative estimate of drug-likeness (QED) is 0.148. The normalized spacial score (nSPS) is 11.3. The summed E-state index contributed by atoms with van der Waals surface area (Å²) in [6.45, 7) is 8.65. The Labute approximate surface area is 267 Å². The Bertz CT molecular complexity index is 1930. The van der Waals surface area contributed by atoms with Gasteiger partial charge in [0.25, 0.3) is 0 Å². The summed E-state index contributed by atoms with van der Waals surface area (Å²) in [6, 6.07) is 11.5. The van der Waals surface area contributed by atoms with Gasteiger partial charge in [-0.15, -0.1) is 0 Å². The molecule has 0 radical (unpaired) electrons. The average Bonchev–Trinajstić information content (AvgIpc) is 3.59. The molecule has 3 heterocycles. The zero-order valence-corrected chi connectivity index (χ0v) is 27.2. The number of para-hydroxylation sites is 1. The van der Waals surface area contributed by atoms with Gasteiger partial charge in [-0.2, -0.15) is 10.1 Å². The highest BCUT2D eigenvalue weighted by Gasteiger charge is 2.24. The molecule has 46 heavy (non-hydrogen) atoms. The van der Waals surface area contributed by atoms with Gasteiger partial charge in [-0.3, -0.25) is 4.79 Å². The predicted octanol–water partition coefficient (Wildman–Crippen LogP) is 4.75. The topological polar surface area (TPSA) is 132 Å². The number of esters is 1. The van der Waals surface area contributed by atoms with E-state index < -0.39 is 5.97 Å². The van der Waals surface area contributed by atoms with Crippen molar-refractivity contribution in [1.29, 1.82) is 0 Å². The summed E-state index contributed by atoms with van der Waals surface area (Å²) in [5.41, 5.74) is 4.61. The van der Waals surface area contributed by atoms with E-state index in [4.69, 9.17) is 14.5 Å². The van der Waals surface area contributed by atoms with Crippen LogP contribution in [0.4, 0.5) is 23.0 Å². The molecule has 2 N–H and O–H groups in total. The largest absolute Gasteiger partial charge is 0.494 e. The Morgan fingerprint density at radius 3 is 2.52 bits per heavy atom. The number of anilines is 4. The van der Waals surface area contributed by atoms with Crippen molar-refractivity contribution in [1.82, 2.24) is 29.2 Å². The molecule has 1 amide bonds. The van der Waals surface area contributed by atoms with Gasteiger partial charge in [0.05, 0.1) is 47.5 Å². The Kier molecular flexibility index (Phi) is 9.23. The minimum atomic E-state index is -0.572. The molecule has 240 valence electrons. The lowest BCUT2D eigenvalue weighted by Gasteiger charge is -2.26. The number of ether oxygens (including phenoxy) is 2. The number of nitrogens with zero attached hydrogens (tertiary/aromatic N) is 7. The summed E-state index contributed by atoms with van der Waals surface area (Å²) in [5, 5.41) is 11.7. The van der Waals surface area contributed by atoms with Crippen LogP contribution in [0.5, 0.6) is 5.75 Å². The molecule has 2 aromatic carbocycles. The minimum Gasteiger partial charge on any atom is -0.494 e. The molecule has 0 spiro atoms. The van der Waals surface area contributed by atoms with Gasteiger partial charge < -0.3 is 34.5 Å². The van der Waals surface area contributed by atoms with Crippen molar-refractivity contribution in [3.05, 3.63) is 67.0 Å². The van der Waals surface area contributed by atoms with Crippen molar-refractivity contribution >= 4 is 56.8 Å². The van der Waals surface area contributed by atoms with Crippen LogP contribution in [-0.2, 0) is 16.6 Å². The number of rotatable bonds is 12. The first-order valence-electron chi connectivity index (χ1n) is 14.8. The van der Waals surface area contributed by atoms with Gasteiger partial charge in [-0.05, 0) is 46.2 Å². The van der Waals surface area contributed by atoms with Crippen LogP contribution in [0.3, 0.4) is 0 Å². The molecule has 0 saturated heterocycles. The number of amides is 1. The number of nitrogens with one attached hydrogen (secondary N) is 2. The van der Waals surface area contributed by atoms with Gasteiger partial charge >= 0.3 is 5.97 Å². The third-order valence-corrected chi connectivity index (χ3v) is 7.47. The standard InChI is InChI=1S/C33H39N9O4/c1-9-29(43)36-23-16-24(28(45-8)17-26(23)40(6)15-14-39(4)5)37-33-34-18-22(32(44)46-20(2)3)31(38-33)42-30-21-12-10-11-13-25(21)41(7)27(30)19-35-42/h9-13,16-20H,1,14-15H2,2-8H3,(H,36,43)(H,34,37,38). The molecule has 0 unspecified atom stereocenters. The molecular weight excluding hydrogens is 586 g/mol. The second kappa shape index (κ2) is 13.3. The summed E-state index contributed by atoms with van der Waals surface area (Å²) >= 11 is 0. The van der Waals surface area contributed by atoms with E-state index in [-0.39, 0.29) is 29.3 Å². The fraction of sp³-hybridized carbons (Fsp3) is 0.303. The molecule has 5 aromatic rings. The highest BCUT2D eigenvalue weighted by Crippen LogP contribution is 2.38. The van der Waals surface area contributed by atoms with Gasteiger partial charge in [0.1, 0.15) is 16.8 Å². The number of methoxy groups -OCH3 is 1. The smallest absolute Gasteiger partial charge is 0.343 e. The van der Waals surface area contributed by atoms with Crippen LogP contribution in [0.1, 0.15) is 24.2 Å². The maximum absolute atomic E-state index is 13.3. The van der Waals surface area contributed by atoms with Crippen LogP contribution in [0.15, 0.2) is 61.4 Å². The zero-order valence-electron chi connectivity index (χ0n) is 27.2. The SMILES string of the molecule is C=CC(=O)Nc1cc(Nc2ncc(C(=O)OC(C)C)c(-n3ncc4c3c3ccccc3n4C)n2)c(OC)cc1N(C)CCN(C)C. The number of carbonyl (C=O) groups is 2. The fourth-order valence-corrected chi connectivity index (χ4v) is 5.14. The number of hydrogen-bond acceptors (Lipinski definition) is 10. The first-order chi connectivity index (χ1) is 22.0. The molecule has 0 aliphatic heterocycles. The lowest BCUT2D eigenvalue weighted by molar-refractivity contribution is -0.111. The minimum absolute atomic E-state index is 0.154. The van der Waals surface area contributed by atoms with Crippen molar-refractivity contribution in [3.8, 4) is 11.6 Å². The number of hydrogen-bond donors (Lipinski definition) is 2. The van der Waals surface area contributed by atoms with Crippen LogP contribution in [0, 0.1) is 0 Å². The summed E-state index contributed by atoms with van der Waals surface area (Å²) < 4.78 is 15.0. The predicted molar refractivity (Wildman–Crippen MR) is 181 cm³/mol. The number of aromatic nitrogens is 5. The van der Waals surface area contributed by atoms with Crippen LogP contribution in [-0.4, -0.2) is 88.5 Å². The Balaban J connectivity index is 1.63. The van der Waals surface area contributed by atoms with E-state index in [1.807, 2.05) is 68.0 Å². The molecule has 0 aliphatic carbocycles. The van der Waals surface area contributed by atoms with Crippen LogP contribution in [0.25, 0.3) is 27.8 Å². The second-order valence-electron chi connectivity index (χ2n) is 11.4. The number of likely N-dealkylation sites (N-methyl/N-ethyl adjacent to an activating group) is 2. The Hall–Kier alpha value is -5.43. The Morgan fingerprint density at radius 1 is 1.07 bits per heavy atom. The molecule has 0 atom stereocenters. The highest BCUT2D eigenvalue weighted by atomic mass is 16.5. The molecule has 0 aliphatic rings. The fourth-order valence-electron chi connectivity index (χ4n) is 5.14. The number of benzene rings is 2. The molecule has 13 heteroatoms. The van der Waals surface area contributed by atoms with Crippen LogP contribution >= 0.6 is 0 Å². The maximum atomic E-state index is 13.3. The van der Waals surface area contributed by atoms with E-state index in [9.17, 15) is 9.59 Å². The summed E-state index contributed by atoms with van der Waals surface area (Å²) in [4.78, 5) is 39.0. The lowest BCUT2D eigenvalue weighted by Crippen LogP contribution is -2.29. The Morgan fingerprint density at radius 2 is 1.83 bits per heavy atom. The van der Waals surface area contributed by atoms with E-state index in [0.29, 0.717) is 23.7 Å². The first kappa shape index (κ1) is 32.0. The van der Waals surface area contributed by atoms with Gasteiger partial charge in [0.15, 0.2) is 5.82 Å². The maximum Gasteiger partial charge on any atom is 0.343 e. The van der Waals surface area contributed by atoms with Crippen LogP contribution in [0.2, 0.25) is 0 Å². The van der Waals surface area contributed by atoms with E-state index in [0.717, 1.165) is 34.2 Å². The molecule has 0 fully saturated rings. The van der Waals surface area contributed by atoms with Gasteiger partial charge in [-0.1, -0.05) is 24.8 Å². The molecule has 0 saturated carbocycles. The second-order valence-corrected chi connectivity index (χ2v) is 11.4. The van der Waals surface area contributed by atoms with Crippen molar-refractivity contribution < 1.29 is 19.1 Å². The number of carbonyl (C=O) groups excluding carboxylic acids is 2. The number of aryl methyl sites for hydroxylation is 1. The van der Waals surface area contributed by atoms with Crippen molar-refractivity contribution in [2.24, 2.45) is 7.05 Å². The average molecular weight is 626 g/mol. The molecule has 0 bridgehead atoms. The third kappa shape index (κ3) is 6.35. The number of fused-ring (bicyclic) bond motifs is 3. The first-order valence-corrected chi connectivity index (χ1v) is 14.8. The molecule has 13 nitrogen and oxygen atoms in total. The summed E-state index contributed by atoms with van der Waals surface area (Å²) in [5.74, 6) is -0.0192. The third-order valence-electron chi connectivity index (χ3n) is 7.47. The van der Waals surface area contributed by atoms with Crippen molar-refractivity contribution in [2.75, 3.05) is 56.9 Å². The monoisotopic (exact) mass is 625 g/mol. The van der Waals surface area contributed by atoms with E-state index >= 15 is 0 Å². The van der Waals surface area contributed by atoms with Crippen LogP contribution < -0.4 is 20.3 Å². The van der Waals surface area contributed by atoms with Gasteiger partial charge in [-0.25, -0.2) is 14.5 Å². The van der Waals surface area contributed by atoms with Crippen molar-refractivity contribution in [3.63, 3.8) is 0 Å². The van der Waals surface area contributed by atoms with Gasteiger partial charge in [0, 0.05) is 44.8 Å². The molecule has 5 rings (SSSR count). The summed E-state index contributed by atoms with van der Waals surface area (Å²) in [6.07, 6.45) is 4.02. The van der Waals surface area contributed by atoms with E-state index in [1.54, 1.807) is 37.9 Å². The van der Waals surface area contributed by atoms with E-state index in [1.165, 1.54) is 12.3 Å². The van der Waals surface area contributed by atoms with Gasteiger partial charge in [0.2, 0.25) is 11.9 Å². The lowest BCUT2D eigenvalue weighted by atomic mass is 10.2. The van der Waals surface area contributed by atoms with E-state index in [2.05, 4.69) is 32.2 Å². The van der Waals surface area contributed by atoms with Crippen molar-refractivity contribution in [2.45, 2.75) is 20.0 Å². The molecule has 3 aromatic heterocycles.